The molecule has 1 aromatic carbocycles. The lowest BCUT2D eigenvalue weighted by atomic mass is 9.97. The summed E-state index contributed by atoms with van der Waals surface area (Å²) in [5.41, 5.74) is 0.982. The van der Waals surface area contributed by atoms with Gasteiger partial charge in [-0.15, -0.1) is 0 Å². The van der Waals surface area contributed by atoms with Gasteiger partial charge in [-0.1, -0.05) is 23.7 Å². The van der Waals surface area contributed by atoms with E-state index in [0.29, 0.717) is 12.5 Å². The fourth-order valence-electron chi connectivity index (χ4n) is 3.61. The Bertz CT molecular complexity index is 821. The Morgan fingerprint density at radius 2 is 2.15 bits per heavy atom. The molecule has 1 aromatic heterocycles. The molecule has 2 heterocycles. The first-order valence-electron chi connectivity index (χ1n) is 9.28. The molecule has 0 radical (unpaired) electrons. The van der Waals surface area contributed by atoms with Gasteiger partial charge in [0.15, 0.2) is 0 Å². The van der Waals surface area contributed by atoms with Crippen LogP contribution in [-0.4, -0.2) is 58.9 Å². The maximum absolute atomic E-state index is 12.5. The number of rotatable bonds is 6. The molecule has 1 atom stereocenters. The van der Waals surface area contributed by atoms with Crippen molar-refractivity contribution in [2.24, 2.45) is 5.92 Å². The highest BCUT2D eigenvalue weighted by molar-refractivity contribution is 6.30. The van der Waals surface area contributed by atoms with Crippen molar-refractivity contribution in [2.75, 3.05) is 33.2 Å². The number of nitrogens with zero attached hydrogens (tertiary/aromatic N) is 3. The van der Waals surface area contributed by atoms with Crippen molar-refractivity contribution in [3.8, 4) is 0 Å². The van der Waals surface area contributed by atoms with E-state index >= 15 is 0 Å². The zero-order chi connectivity index (χ0) is 19.2. The predicted molar refractivity (Wildman–Crippen MR) is 106 cm³/mol. The van der Waals surface area contributed by atoms with Crippen LogP contribution in [0.4, 0.5) is 0 Å². The van der Waals surface area contributed by atoms with Gasteiger partial charge in [-0.25, -0.2) is 4.98 Å². The van der Waals surface area contributed by atoms with Gasteiger partial charge in [0.2, 0.25) is 0 Å². The Hall–Kier alpha value is -2.18. The van der Waals surface area contributed by atoms with Crippen LogP contribution in [0.25, 0.3) is 0 Å². The number of likely N-dealkylation sites (tertiary alicyclic amines) is 1. The second kappa shape index (κ2) is 9.15. The van der Waals surface area contributed by atoms with Crippen molar-refractivity contribution >= 4 is 17.5 Å². The summed E-state index contributed by atoms with van der Waals surface area (Å²) < 4.78 is 0. The number of aromatic amines is 1. The molecule has 27 heavy (non-hydrogen) atoms. The van der Waals surface area contributed by atoms with Crippen LogP contribution in [0.15, 0.2) is 41.6 Å². The Morgan fingerprint density at radius 3 is 2.89 bits per heavy atom. The van der Waals surface area contributed by atoms with Crippen LogP contribution in [0.2, 0.25) is 5.02 Å². The monoisotopic (exact) mass is 388 g/mol. The van der Waals surface area contributed by atoms with E-state index in [1.807, 2.05) is 12.1 Å². The number of piperidine rings is 1. The zero-order valence-corrected chi connectivity index (χ0v) is 16.3. The van der Waals surface area contributed by atoms with Crippen LogP contribution in [0.5, 0.6) is 0 Å². The van der Waals surface area contributed by atoms with Crippen LogP contribution in [0, 0.1) is 5.92 Å². The van der Waals surface area contributed by atoms with Gasteiger partial charge in [-0.2, -0.15) is 0 Å². The molecule has 3 rings (SSSR count). The lowest BCUT2D eigenvalue weighted by Crippen LogP contribution is -2.43. The molecule has 1 N–H and O–H groups in total. The van der Waals surface area contributed by atoms with Gasteiger partial charge in [-0.05, 0) is 49.4 Å². The molecule has 0 unspecified atom stereocenters. The molecule has 1 aliphatic heterocycles. The number of benzene rings is 1. The summed E-state index contributed by atoms with van der Waals surface area (Å²) in [6, 6.07) is 8.00. The van der Waals surface area contributed by atoms with Crippen molar-refractivity contribution in [1.82, 2.24) is 19.8 Å². The van der Waals surface area contributed by atoms with Crippen molar-refractivity contribution < 1.29 is 4.79 Å². The van der Waals surface area contributed by atoms with Crippen molar-refractivity contribution in [3.05, 3.63) is 63.3 Å². The number of hydrogen-bond acceptors (Lipinski definition) is 4. The fraction of sp³-hybridized carbons (Fsp3) is 0.450. The summed E-state index contributed by atoms with van der Waals surface area (Å²) in [5, 5.41) is 0.761. The molecule has 0 aliphatic carbocycles. The lowest BCUT2D eigenvalue weighted by Gasteiger charge is -2.34. The molecule has 1 fully saturated rings. The zero-order valence-electron chi connectivity index (χ0n) is 15.5. The van der Waals surface area contributed by atoms with Crippen LogP contribution in [-0.2, 0) is 6.42 Å². The fourth-order valence-corrected chi connectivity index (χ4v) is 3.74. The number of carbonyl (C=O) groups excluding carboxylic acids is 1. The molecule has 2 aromatic rings. The van der Waals surface area contributed by atoms with E-state index in [1.54, 1.807) is 11.9 Å². The van der Waals surface area contributed by atoms with E-state index < -0.39 is 5.56 Å². The average Bonchev–Trinajstić information content (AvgIpc) is 2.68. The average molecular weight is 389 g/mol. The van der Waals surface area contributed by atoms with Gasteiger partial charge < -0.3 is 14.8 Å². The van der Waals surface area contributed by atoms with Gasteiger partial charge >= 0.3 is 0 Å². The van der Waals surface area contributed by atoms with Crippen molar-refractivity contribution in [3.63, 3.8) is 0 Å². The SMILES string of the molecule is CN(C[C@H]1CCCN(CCc2ccc(Cl)cc2)C1)C(=O)c1cnc[nH]c1=O. The van der Waals surface area contributed by atoms with Crippen molar-refractivity contribution in [2.45, 2.75) is 19.3 Å². The Kier molecular flexibility index (Phi) is 6.63. The van der Waals surface area contributed by atoms with Crippen LogP contribution in [0.1, 0.15) is 28.8 Å². The molecule has 6 nitrogen and oxygen atoms in total. The molecule has 0 spiro atoms. The summed E-state index contributed by atoms with van der Waals surface area (Å²) in [5.74, 6) is 0.135. The number of carbonyl (C=O) groups is 1. The Labute approximate surface area is 164 Å². The second-order valence-corrected chi connectivity index (χ2v) is 7.60. The molecule has 1 saturated heterocycles. The van der Waals surface area contributed by atoms with Gasteiger partial charge in [-0.3, -0.25) is 9.59 Å². The lowest BCUT2D eigenvalue weighted by molar-refractivity contribution is 0.0728. The minimum atomic E-state index is -0.393. The van der Waals surface area contributed by atoms with E-state index in [0.717, 1.165) is 43.9 Å². The number of halogens is 1. The third-order valence-corrected chi connectivity index (χ3v) is 5.31. The summed E-state index contributed by atoms with van der Waals surface area (Å²) in [4.78, 5) is 34.7. The smallest absolute Gasteiger partial charge is 0.263 e. The van der Waals surface area contributed by atoms with E-state index in [9.17, 15) is 9.59 Å². The van der Waals surface area contributed by atoms with Crippen LogP contribution in [0.3, 0.4) is 0 Å². The highest BCUT2D eigenvalue weighted by Gasteiger charge is 2.24. The maximum atomic E-state index is 12.5. The summed E-state index contributed by atoms with van der Waals surface area (Å²) in [6.45, 7) is 3.70. The Morgan fingerprint density at radius 1 is 1.37 bits per heavy atom. The predicted octanol–water partition coefficient (Wildman–Crippen LogP) is 2.45. The van der Waals surface area contributed by atoms with E-state index in [4.69, 9.17) is 11.6 Å². The highest BCUT2D eigenvalue weighted by atomic mass is 35.5. The third-order valence-electron chi connectivity index (χ3n) is 5.06. The highest BCUT2D eigenvalue weighted by Crippen LogP contribution is 2.19. The van der Waals surface area contributed by atoms with Gasteiger partial charge in [0.1, 0.15) is 5.56 Å². The minimum Gasteiger partial charge on any atom is -0.341 e. The van der Waals surface area contributed by atoms with E-state index in [1.165, 1.54) is 18.1 Å². The minimum absolute atomic E-state index is 0.0930. The summed E-state index contributed by atoms with van der Waals surface area (Å²) in [6.07, 6.45) is 5.83. The molecular weight excluding hydrogens is 364 g/mol. The number of aromatic nitrogens is 2. The molecule has 144 valence electrons. The molecule has 0 bridgehead atoms. The standard InChI is InChI=1S/C20H25ClN4O2/c1-24(20(27)18-11-22-14-23-19(18)26)12-16-3-2-9-25(13-16)10-8-15-4-6-17(21)7-5-15/h4-7,11,14,16H,2-3,8-10,12-13H2,1H3,(H,22,23,26)/t16-/m1/s1. The quantitative estimate of drug-likeness (QED) is 0.825. The number of H-pyrrole nitrogens is 1. The second-order valence-electron chi connectivity index (χ2n) is 7.17. The van der Waals surface area contributed by atoms with E-state index in [2.05, 4.69) is 27.0 Å². The largest absolute Gasteiger partial charge is 0.341 e. The summed E-state index contributed by atoms with van der Waals surface area (Å²) in [7, 11) is 1.75. The normalized spacial score (nSPS) is 17.6. The summed E-state index contributed by atoms with van der Waals surface area (Å²) >= 11 is 5.94. The molecule has 7 heteroatoms. The number of hydrogen-bond donors (Lipinski definition) is 1. The van der Waals surface area contributed by atoms with Gasteiger partial charge in [0.05, 0.1) is 6.33 Å². The third kappa shape index (κ3) is 5.40. The molecule has 1 aliphatic rings. The Balaban J connectivity index is 1.51. The maximum Gasteiger partial charge on any atom is 0.263 e. The molecular formula is C20H25ClN4O2. The topological polar surface area (TPSA) is 69.3 Å². The van der Waals surface area contributed by atoms with Gasteiger partial charge in [0.25, 0.3) is 11.5 Å². The number of nitrogens with one attached hydrogen (secondary N) is 1. The number of amides is 1. The first kappa shape index (κ1) is 19.6. The first-order chi connectivity index (χ1) is 13.0. The molecule has 0 saturated carbocycles. The molecule has 1 amide bonds. The van der Waals surface area contributed by atoms with Gasteiger partial charge in [0, 0.05) is 37.9 Å². The van der Waals surface area contributed by atoms with Crippen LogP contribution < -0.4 is 5.56 Å². The first-order valence-corrected chi connectivity index (χ1v) is 9.65. The van der Waals surface area contributed by atoms with Crippen LogP contribution >= 0.6 is 11.6 Å². The van der Waals surface area contributed by atoms with Crippen molar-refractivity contribution in [1.29, 1.82) is 0 Å². The van der Waals surface area contributed by atoms with E-state index in [-0.39, 0.29) is 11.5 Å².